The molecule has 0 N–H and O–H groups in total. The molecule has 0 aliphatic rings. The summed E-state index contributed by atoms with van der Waals surface area (Å²) in [6, 6.07) is 56.3. The van der Waals surface area contributed by atoms with E-state index in [1.165, 1.54) is 21.5 Å². The van der Waals surface area contributed by atoms with Gasteiger partial charge >= 0.3 is 25.2 Å². The van der Waals surface area contributed by atoms with Crippen LogP contribution < -0.4 is 15.8 Å². The largest absolute Gasteiger partial charge is 0.344 e. The van der Waals surface area contributed by atoms with Crippen LogP contribution in [0, 0.1) is 18.2 Å². The van der Waals surface area contributed by atoms with Crippen molar-refractivity contribution in [3.63, 3.8) is 0 Å². The Bertz CT molecular complexity index is 2190. The van der Waals surface area contributed by atoms with Gasteiger partial charge < -0.3 is 19.0 Å². The Balaban J connectivity index is 0.000000157. The van der Waals surface area contributed by atoms with E-state index in [0.29, 0.717) is 21.5 Å². The zero-order chi connectivity index (χ0) is 34.3. The first-order chi connectivity index (χ1) is 23.4. The van der Waals surface area contributed by atoms with Gasteiger partial charge in [0, 0.05) is 0 Å². The van der Waals surface area contributed by atoms with E-state index in [2.05, 4.69) is 88.4 Å². The summed E-state index contributed by atoms with van der Waals surface area (Å²) in [6.45, 7) is 0. The molecule has 0 saturated carbocycles. The number of fused-ring (bicyclic) bond motifs is 3. The standard InChI is InChI=1S/C18H13.C14H5O2.C6H5.CH2O3P.CO.Mn/c1-3-9-15(10-4-1)17-13-7-8-14-18(17)16-11-5-2-6-12-16;15-13-9-6-8(7-4-2-1-3-5-7)10-12(11(9)13)14(10)16;1-2-4-6-5-3-1;2-1-5(3)4;1-2;/h1-13H;1-5H;1-5H;5H,(H,3,4);;/q4*-1;;/p-1. The molecule has 0 aromatic heterocycles. The van der Waals surface area contributed by atoms with Crippen molar-refractivity contribution in [2.45, 2.75) is 0 Å². The van der Waals surface area contributed by atoms with Crippen molar-refractivity contribution in [1.82, 2.24) is 0 Å². The maximum Gasteiger partial charge on any atom is 0.147 e. The Morgan fingerprint density at radius 3 is 1.56 bits per heavy atom. The molecule has 0 aliphatic carbocycles. The van der Waals surface area contributed by atoms with E-state index < -0.39 is 8.03 Å². The molecule has 237 valence electrons. The van der Waals surface area contributed by atoms with Crippen molar-refractivity contribution in [2.24, 2.45) is 0 Å². The molecule has 6 nitrogen and oxygen atoms in total. The van der Waals surface area contributed by atoms with Gasteiger partial charge in [0.05, 0.1) is 5.43 Å². The molecule has 8 aromatic rings. The second-order valence-electron chi connectivity index (χ2n) is 9.76. The molecule has 8 rings (SSSR count). The van der Waals surface area contributed by atoms with Gasteiger partial charge in [-0.1, -0.05) is 118 Å². The third-order valence-corrected chi connectivity index (χ3v) is 6.96. The van der Waals surface area contributed by atoms with Crippen LogP contribution in [0.3, 0.4) is 0 Å². The van der Waals surface area contributed by atoms with E-state index in [1.54, 1.807) is 0 Å². The van der Waals surface area contributed by atoms with Crippen LogP contribution in [0.1, 0.15) is 0 Å². The second kappa shape index (κ2) is 18.1. The average molecular weight is 687 g/mol. The predicted octanol–water partition coefficient (Wildman–Crippen LogP) is 6.73. The van der Waals surface area contributed by atoms with E-state index in [-0.39, 0.29) is 10.9 Å². The summed E-state index contributed by atoms with van der Waals surface area (Å²) in [7, 11) is -3.18. The first-order valence-corrected chi connectivity index (χ1v) is 16.2. The maximum atomic E-state index is 11.6. The van der Waals surface area contributed by atoms with E-state index in [4.69, 9.17) is 19.0 Å². The minimum absolute atomic E-state index is 0.00992. The molecule has 8 heteroatoms. The van der Waals surface area contributed by atoms with Crippen LogP contribution in [-0.2, 0) is 29.7 Å². The second-order valence-corrected chi connectivity index (χ2v) is 10.8. The fourth-order valence-corrected chi connectivity index (χ4v) is 4.67. The molecular formula is C40H24MnO6P-5. The molecule has 0 fully saturated rings. The zero-order valence-corrected chi connectivity index (χ0v) is 27.3. The van der Waals surface area contributed by atoms with Gasteiger partial charge in [0.25, 0.3) is 0 Å². The number of hydrogen-bond acceptors (Lipinski definition) is 6. The van der Waals surface area contributed by atoms with Crippen LogP contribution in [0.15, 0.2) is 149 Å². The fourth-order valence-electron chi connectivity index (χ4n) is 4.67. The SMILES string of the molecule is O=[C-][PH](=O)[O-].O=[C]=[Mn].O=c1c2[c-]c(-c3ccccc3)c3c(=O)c3c12.[c-]1cccc(-c2ccccc2)c1-c1ccccc1.[c-]1ccccc1. The minimum atomic E-state index is -3.18. The van der Waals surface area contributed by atoms with Crippen LogP contribution >= 0.6 is 8.03 Å². The Labute approximate surface area is 285 Å². The summed E-state index contributed by atoms with van der Waals surface area (Å²) in [5.74, 6) is 0. The minimum Gasteiger partial charge on any atom is -0.344 e. The Hall–Kier alpha value is -5.38. The molecule has 48 heavy (non-hydrogen) atoms. The molecular weight excluding hydrogens is 662 g/mol. The number of hydrogen-bond donors (Lipinski definition) is 0. The third kappa shape index (κ3) is 9.57. The number of carbonyl (C=O) groups excluding carboxylic acids is 2. The van der Waals surface area contributed by atoms with Crippen molar-refractivity contribution >= 4 is 40.4 Å². The van der Waals surface area contributed by atoms with Crippen molar-refractivity contribution in [2.75, 3.05) is 0 Å². The summed E-state index contributed by atoms with van der Waals surface area (Å²) in [6.07, 6.45) is 0. The summed E-state index contributed by atoms with van der Waals surface area (Å²) >= 11 is 2.34. The van der Waals surface area contributed by atoms with Gasteiger partial charge in [0.15, 0.2) is 0 Å². The molecule has 1 atom stereocenters. The molecule has 8 aromatic carbocycles. The van der Waals surface area contributed by atoms with E-state index in [1.807, 2.05) is 84.9 Å². The molecule has 0 heterocycles. The van der Waals surface area contributed by atoms with E-state index in [0.717, 1.165) is 22.7 Å². The van der Waals surface area contributed by atoms with Crippen molar-refractivity contribution < 1.29 is 34.6 Å². The summed E-state index contributed by atoms with van der Waals surface area (Å²) in [4.78, 5) is 50.6. The number of benzene rings is 6. The molecule has 0 aliphatic heterocycles. The maximum absolute atomic E-state index is 11.6. The van der Waals surface area contributed by atoms with Gasteiger partial charge in [0.2, 0.25) is 0 Å². The monoisotopic (exact) mass is 686 g/mol. The Morgan fingerprint density at radius 1 is 0.625 bits per heavy atom. The molecule has 0 saturated heterocycles. The summed E-state index contributed by atoms with van der Waals surface area (Å²) < 4.78 is 9.02. The predicted molar refractivity (Wildman–Crippen MR) is 185 cm³/mol. The van der Waals surface area contributed by atoms with Crippen LogP contribution in [0.25, 0.3) is 54.9 Å². The molecule has 0 amide bonds. The third-order valence-electron chi connectivity index (χ3n) is 6.79. The average Bonchev–Trinajstić information content (AvgIpc) is 4.04. The summed E-state index contributed by atoms with van der Waals surface area (Å²) in [5, 5.41) is 2.54. The quantitative estimate of drug-likeness (QED) is 0.116. The van der Waals surface area contributed by atoms with Gasteiger partial charge in [-0.15, -0.1) is 55.1 Å². The first-order valence-electron chi connectivity index (χ1n) is 14.3. The van der Waals surface area contributed by atoms with Crippen molar-refractivity contribution in [1.29, 1.82) is 0 Å². The molecule has 1 unspecified atom stereocenters. The van der Waals surface area contributed by atoms with Gasteiger partial charge in [-0.25, -0.2) is 6.03 Å². The van der Waals surface area contributed by atoms with E-state index >= 15 is 0 Å². The van der Waals surface area contributed by atoms with Crippen LogP contribution in [0.5, 0.6) is 0 Å². The van der Waals surface area contributed by atoms with Gasteiger partial charge in [-0.3, -0.25) is 4.79 Å². The normalized spacial score (nSPS) is 10.5. The van der Waals surface area contributed by atoms with Crippen LogP contribution in [0.2, 0.25) is 0 Å². The molecule has 0 spiro atoms. The molecule has 0 radical (unpaired) electrons. The number of rotatable bonds is 4. The zero-order valence-electron chi connectivity index (χ0n) is 25.1. The fraction of sp³-hybridized carbons (Fsp3) is 0. The van der Waals surface area contributed by atoms with Crippen LogP contribution in [-0.4, -0.2) is 10.8 Å². The Morgan fingerprint density at radius 2 is 1.10 bits per heavy atom. The van der Waals surface area contributed by atoms with E-state index in [9.17, 15) is 9.59 Å². The van der Waals surface area contributed by atoms with Crippen LogP contribution in [0.4, 0.5) is 0 Å². The van der Waals surface area contributed by atoms with Crippen molar-refractivity contribution in [3.8, 4) is 33.4 Å². The summed E-state index contributed by atoms with van der Waals surface area (Å²) in [5.41, 5.74) is 6.56. The van der Waals surface area contributed by atoms with Gasteiger partial charge in [-0.05, 0) is 10.8 Å². The van der Waals surface area contributed by atoms with Gasteiger partial charge in [-0.2, -0.15) is 36.4 Å². The van der Waals surface area contributed by atoms with Crippen molar-refractivity contribution in [3.05, 3.63) is 178 Å². The van der Waals surface area contributed by atoms with Gasteiger partial charge in [0.1, 0.15) is 5.43 Å². The smallest absolute Gasteiger partial charge is 0.147 e. The first kappa shape index (κ1) is 35.5. The Kier molecular flexibility index (Phi) is 13.4. The molecule has 0 bridgehead atoms. The topological polar surface area (TPSA) is 108 Å².